The van der Waals surface area contributed by atoms with Crippen LogP contribution in [0, 0.1) is 0 Å². The minimum absolute atomic E-state index is 0.0258. The van der Waals surface area contributed by atoms with Crippen LogP contribution in [0.4, 0.5) is 0 Å². The first-order valence-corrected chi connectivity index (χ1v) is 9.26. The zero-order chi connectivity index (χ0) is 15.3. The maximum atomic E-state index is 13.2. The maximum absolute atomic E-state index is 13.2. The number of sulfonamides is 1. The predicted molar refractivity (Wildman–Crippen MR) is 84.4 cm³/mol. The summed E-state index contributed by atoms with van der Waals surface area (Å²) in [6.45, 7) is 1.58. The van der Waals surface area contributed by atoms with Crippen molar-refractivity contribution in [3.8, 4) is 0 Å². The van der Waals surface area contributed by atoms with Crippen LogP contribution in [0.1, 0.15) is 19.3 Å². The third kappa shape index (κ3) is 2.07. The van der Waals surface area contributed by atoms with E-state index in [1.807, 2.05) is 0 Å². The summed E-state index contributed by atoms with van der Waals surface area (Å²) in [5.74, 6) is 0. The Kier molecular flexibility index (Phi) is 3.41. The number of rotatable bonds is 2. The number of fused-ring (bicyclic) bond motifs is 3. The molecule has 118 valence electrons. The Morgan fingerprint density at radius 2 is 2.09 bits per heavy atom. The predicted octanol–water partition coefficient (Wildman–Crippen LogP) is 1.73. The van der Waals surface area contributed by atoms with Crippen LogP contribution in [0.3, 0.4) is 0 Å². The zero-order valence-corrected chi connectivity index (χ0v) is 13.5. The fourth-order valence-electron chi connectivity index (χ4n) is 3.64. The second-order valence-corrected chi connectivity index (χ2v) is 8.10. The quantitative estimate of drug-likeness (QED) is 0.872. The monoisotopic (exact) mass is 340 g/mol. The molecule has 2 N–H and O–H groups in total. The van der Waals surface area contributed by atoms with Crippen LogP contribution in [0.15, 0.2) is 23.4 Å². The molecule has 2 saturated heterocycles. The summed E-state index contributed by atoms with van der Waals surface area (Å²) in [7, 11) is -3.59. The van der Waals surface area contributed by atoms with Crippen LogP contribution in [-0.2, 0) is 10.0 Å². The number of H-pyrrole nitrogens is 1. The Balaban J connectivity index is 1.86. The molecule has 2 atom stereocenters. The number of aromatic amines is 1. The fourth-order valence-corrected chi connectivity index (χ4v) is 6.02. The maximum Gasteiger partial charge on any atom is 0.245 e. The van der Waals surface area contributed by atoms with Gasteiger partial charge in [-0.25, -0.2) is 13.4 Å². The molecular formula is C14H17ClN4O2S. The first-order chi connectivity index (χ1) is 10.6. The van der Waals surface area contributed by atoms with Gasteiger partial charge in [0.05, 0.1) is 10.4 Å². The first kappa shape index (κ1) is 14.4. The minimum Gasteiger partial charge on any atom is -0.345 e. The van der Waals surface area contributed by atoms with Crippen molar-refractivity contribution in [1.29, 1.82) is 0 Å². The summed E-state index contributed by atoms with van der Waals surface area (Å²) >= 11 is 6.21. The molecule has 0 aromatic carbocycles. The lowest BCUT2D eigenvalue weighted by Gasteiger charge is -2.26. The van der Waals surface area contributed by atoms with Gasteiger partial charge in [0, 0.05) is 31.0 Å². The number of hydrogen-bond acceptors (Lipinski definition) is 4. The van der Waals surface area contributed by atoms with Gasteiger partial charge in [-0.05, 0) is 31.9 Å². The van der Waals surface area contributed by atoms with E-state index in [0.717, 1.165) is 25.8 Å². The average Bonchev–Trinajstić information content (AvgIpc) is 3.01. The van der Waals surface area contributed by atoms with Gasteiger partial charge >= 0.3 is 0 Å². The van der Waals surface area contributed by atoms with Crippen molar-refractivity contribution in [2.24, 2.45) is 0 Å². The van der Waals surface area contributed by atoms with E-state index in [1.165, 1.54) is 6.20 Å². The average molecular weight is 341 g/mol. The van der Waals surface area contributed by atoms with Gasteiger partial charge in [0.15, 0.2) is 0 Å². The lowest BCUT2D eigenvalue weighted by atomic mass is 10.1. The molecule has 22 heavy (non-hydrogen) atoms. The van der Waals surface area contributed by atoms with Crippen LogP contribution in [0.25, 0.3) is 11.0 Å². The van der Waals surface area contributed by atoms with E-state index in [9.17, 15) is 8.42 Å². The summed E-state index contributed by atoms with van der Waals surface area (Å²) in [5.41, 5.74) is 0.506. The van der Waals surface area contributed by atoms with Crippen LogP contribution in [-0.4, -0.2) is 47.9 Å². The molecule has 8 heteroatoms. The van der Waals surface area contributed by atoms with E-state index in [-0.39, 0.29) is 17.0 Å². The van der Waals surface area contributed by atoms with E-state index >= 15 is 0 Å². The molecule has 2 bridgehead atoms. The van der Waals surface area contributed by atoms with Crippen LogP contribution < -0.4 is 5.32 Å². The van der Waals surface area contributed by atoms with Crippen LogP contribution >= 0.6 is 11.6 Å². The third-order valence-electron chi connectivity index (χ3n) is 4.63. The number of nitrogens with zero attached hydrogens (tertiary/aromatic N) is 2. The van der Waals surface area contributed by atoms with Crippen molar-refractivity contribution in [2.45, 2.75) is 36.2 Å². The van der Waals surface area contributed by atoms with Gasteiger partial charge in [-0.1, -0.05) is 11.6 Å². The number of nitrogens with one attached hydrogen (secondary N) is 2. The molecule has 4 rings (SSSR count). The van der Waals surface area contributed by atoms with E-state index in [4.69, 9.17) is 11.6 Å². The number of aromatic nitrogens is 2. The van der Waals surface area contributed by atoms with Crippen molar-refractivity contribution in [2.75, 3.05) is 13.1 Å². The van der Waals surface area contributed by atoms with Gasteiger partial charge < -0.3 is 10.3 Å². The SMILES string of the molecule is O=S(=O)(c1c[nH]c2nccc(Cl)c12)N1C2CCNCC1CC2. The van der Waals surface area contributed by atoms with Crippen LogP contribution in [0.5, 0.6) is 0 Å². The van der Waals surface area contributed by atoms with Gasteiger partial charge in [0.2, 0.25) is 10.0 Å². The zero-order valence-electron chi connectivity index (χ0n) is 11.9. The van der Waals surface area contributed by atoms with Crippen molar-refractivity contribution in [1.82, 2.24) is 19.6 Å². The molecule has 0 amide bonds. The van der Waals surface area contributed by atoms with E-state index < -0.39 is 10.0 Å². The molecule has 4 heterocycles. The molecule has 0 aliphatic carbocycles. The highest BCUT2D eigenvalue weighted by Crippen LogP contribution is 2.37. The normalized spacial score (nSPS) is 26.4. The summed E-state index contributed by atoms with van der Waals surface area (Å²) in [6.07, 6.45) is 5.77. The lowest BCUT2D eigenvalue weighted by Crippen LogP contribution is -2.42. The highest BCUT2D eigenvalue weighted by atomic mass is 35.5. The first-order valence-electron chi connectivity index (χ1n) is 7.45. The third-order valence-corrected chi connectivity index (χ3v) is 6.97. The molecule has 2 aliphatic heterocycles. The number of halogens is 1. The molecule has 2 unspecified atom stereocenters. The van der Waals surface area contributed by atoms with Gasteiger partial charge in [-0.3, -0.25) is 0 Å². The summed E-state index contributed by atoms with van der Waals surface area (Å²) in [6, 6.07) is 1.72. The van der Waals surface area contributed by atoms with Gasteiger partial charge in [0.25, 0.3) is 0 Å². The lowest BCUT2D eigenvalue weighted by molar-refractivity contribution is 0.335. The van der Waals surface area contributed by atoms with Crippen molar-refractivity contribution in [3.63, 3.8) is 0 Å². The standard InChI is InChI=1S/C14H17ClN4O2S/c15-11-4-6-17-14-13(11)12(8-18-14)22(20,21)19-9-1-2-10(19)7-16-5-3-9/h4,6,8-10,16H,1-3,5,7H2,(H,17,18). The molecule has 2 aliphatic rings. The molecule has 2 aromatic rings. The summed E-state index contributed by atoms with van der Waals surface area (Å²) < 4.78 is 28.1. The minimum atomic E-state index is -3.59. The highest BCUT2D eigenvalue weighted by Gasteiger charge is 2.44. The Labute approximate surface area is 133 Å². The Hall–Kier alpha value is -1.15. The molecule has 0 radical (unpaired) electrons. The molecule has 2 aromatic heterocycles. The largest absolute Gasteiger partial charge is 0.345 e. The second kappa shape index (κ2) is 5.19. The number of pyridine rings is 1. The molecule has 6 nitrogen and oxygen atoms in total. The molecular weight excluding hydrogens is 324 g/mol. The van der Waals surface area contributed by atoms with Gasteiger partial charge in [0.1, 0.15) is 10.5 Å². The molecule has 0 spiro atoms. The Morgan fingerprint density at radius 3 is 2.95 bits per heavy atom. The Morgan fingerprint density at radius 1 is 1.27 bits per heavy atom. The van der Waals surface area contributed by atoms with E-state index in [1.54, 1.807) is 16.6 Å². The van der Waals surface area contributed by atoms with Crippen molar-refractivity contribution >= 4 is 32.7 Å². The second-order valence-electron chi connectivity index (χ2n) is 5.88. The summed E-state index contributed by atoms with van der Waals surface area (Å²) in [4.78, 5) is 7.32. The fraction of sp³-hybridized carbons (Fsp3) is 0.500. The molecule has 2 fully saturated rings. The smallest absolute Gasteiger partial charge is 0.245 e. The summed E-state index contributed by atoms with van der Waals surface area (Å²) in [5, 5.41) is 4.22. The van der Waals surface area contributed by atoms with Crippen LogP contribution in [0.2, 0.25) is 5.02 Å². The van der Waals surface area contributed by atoms with Crippen molar-refractivity contribution < 1.29 is 8.42 Å². The van der Waals surface area contributed by atoms with E-state index in [2.05, 4.69) is 15.3 Å². The van der Waals surface area contributed by atoms with Crippen molar-refractivity contribution in [3.05, 3.63) is 23.5 Å². The van der Waals surface area contributed by atoms with Gasteiger partial charge in [-0.15, -0.1) is 0 Å². The topological polar surface area (TPSA) is 78.1 Å². The molecule has 0 saturated carbocycles. The Bertz CT molecular complexity index is 805. The number of hydrogen-bond donors (Lipinski definition) is 2. The van der Waals surface area contributed by atoms with E-state index in [0.29, 0.717) is 22.6 Å². The van der Waals surface area contributed by atoms with Gasteiger partial charge in [-0.2, -0.15) is 4.31 Å². The highest BCUT2D eigenvalue weighted by molar-refractivity contribution is 7.89.